The van der Waals surface area contributed by atoms with E-state index >= 15 is 0 Å². The molecule has 28 heavy (non-hydrogen) atoms. The first-order valence-corrected chi connectivity index (χ1v) is 10.8. The molecule has 0 aliphatic heterocycles. The number of carbonyl (C=O) groups is 1. The van der Waals surface area contributed by atoms with E-state index in [2.05, 4.69) is 21.7 Å². The molecule has 1 fully saturated rings. The van der Waals surface area contributed by atoms with Gasteiger partial charge in [-0.2, -0.15) is 0 Å². The summed E-state index contributed by atoms with van der Waals surface area (Å²) in [6.45, 7) is 4.24. The fourth-order valence-electron chi connectivity index (χ4n) is 3.85. The van der Waals surface area contributed by atoms with Crippen LogP contribution in [-0.2, 0) is 4.79 Å². The zero-order chi connectivity index (χ0) is 20.3. The third kappa shape index (κ3) is 4.35. The number of aromatic nitrogens is 3. The van der Waals surface area contributed by atoms with Crippen molar-refractivity contribution in [2.75, 3.05) is 21.2 Å². The Bertz CT molecular complexity index is 803. The largest absolute Gasteiger partial charge is 0.497 e. The molecule has 0 bridgehead atoms. The van der Waals surface area contributed by atoms with E-state index in [1.54, 1.807) is 26.1 Å². The summed E-state index contributed by atoms with van der Waals surface area (Å²) < 4.78 is 7.56. The van der Waals surface area contributed by atoms with Gasteiger partial charge in [0.2, 0.25) is 5.91 Å². The third-order valence-electron chi connectivity index (χ3n) is 5.48. The second kappa shape index (κ2) is 8.99. The molecule has 1 aliphatic rings. The lowest BCUT2D eigenvalue weighted by atomic mass is 9.85. The van der Waals surface area contributed by atoms with Crippen molar-refractivity contribution >= 4 is 17.7 Å². The highest BCUT2D eigenvalue weighted by atomic mass is 32.2. The summed E-state index contributed by atoms with van der Waals surface area (Å²) in [5, 5.41) is 9.65. The SMILES string of the molecule is COc1ccc(-c2nnc(S[C@@H](C)C(=O)N(C)C)n2[C@@H]2CCCC[C@H]2C)cc1. The molecule has 0 saturated heterocycles. The molecule has 7 heteroatoms. The number of methoxy groups -OCH3 is 1. The Morgan fingerprint density at radius 1 is 1.21 bits per heavy atom. The van der Waals surface area contributed by atoms with E-state index in [-0.39, 0.29) is 11.2 Å². The van der Waals surface area contributed by atoms with E-state index in [1.165, 1.54) is 31.0 Å². The molecule has 1 heterocycles. The van der Waals surface area contributed by atoms with Crippen molar-refractivity contribution in [3.63, 3.8) is 0 Å². The minimum atomic E-state index is -0.208. The summed E-state index contributed by atoms with van der Waals surface area (Å²) >= 11 is 1.50. The summed E-state index contributed by atoms with van der Waals surface area (Å²) in [5.74, 6) is 2.33. The van der Waals surface area contributed by atoms with E-state index in [0.29, 0.717) is 12.0 Å². The maximum atomic E-state index is 12.4. The van der Waals surface area contributed by atoms with E-state index in [1.807, 2.05) is 31.2 Å². The van der Waals surface area contributed by atoms with Crippen molar-refractivity contribution in [3.8, 4) is 17.1 Å². The van der Waals surface area contributed by atoms with Gasteiger partial charge in [0.15, 0.2) is 11.0 Å². The number of benzene rings is 1. The van der Waals surface area contributed by atoms with Crippen LogP contribution in [0, 0.1) is 5.92 Å². The summed E-state index contributed by atoms with van der Waals surface area (Å²) in [4.78, 5) is 14.0. The molecule has 6 nitrogen and oxygen atoms in total. The molecule has 2 aromatic rings. The molecule has 0 spiro atoms. The summed E-state index contributed by atoms with van der Waals surface area (Å²) in [5.41, 5.74) is 1.02. The number of rotatable bonds is 6. The lowest BCUT2D eigenvalue weighted by Gasteiger charge is -2.32. The van der Waals surface area contributed by atoms with Gasteiger partial charge in [0.05, 0.1) is 12.4 Å². The first-order valence-electron chi connectivity index (χ1n) is 9.89. The van der Waals surface area contributed by atoms with Crippen LogP contribution >= 0.6 is 11.8 Å². The number of ether oxygens (including phenoxy) is 1. The molecule has 0 N–H and O–H groups in total. The van der Waals surface area contributed by atoms with Crippen LogP contribution in [0.1, 0.15) is 45.6 Å². The van der Waals surface area contributed by atoms with Gasteiger partial charge in [-0.1, -0.05) is 31.5 Å². The van der Waals surface area contributed by atoms with Crippen molar-refractivity contribution in [1.29, 1.82) is 0 Å². The fourth-order valence-corrected chi connectivity index (χ4v) is 4.90. The summed E-state index contributed by atoms with van der Waals surface area (Å²) in [6, 6.07) is 8.30. The van der Waals surface area contributed by atoms with E-state index in [0.717, 1.165) is 28.7 Å². The lowest BCUT2D eigenvalue weighted by molar-refractivity contribution is -0.127. The first-order chi connectivity index (χ1) is 13.4. The highest BCUT2D eigenvalue weighted by Gasteiger charge is 2.30. The molecule has 1 saturated carbocycles. The Kier molecular flexibility index (Phi) is 6.65. The smallest absolute Gasteiger partial charge is 0.235 e. The molecule has 152 valence electrons. The van der Waals surface area contributed by atoms with Gasteiger partial charge in [0.1, 0.15) is 5.75 Å². The molecular formula is C21H30N4O2S. The van der Waals surface area contributed by atoms with Crippen LogP contribution in [0.3, 0.4) is 0 Å². The highest BCUT2D eigenvalue weighted by Crippen LogP contribution is 2.40. The van der Waals surface area contributed by atoms with E-state index in [4.69, 9.17) is 4.74 Å². The zero-order valence-electron chi connectivity index (χ0n) is 17.4. The van der Waals surface area contributed by atoms with Gasteiger partial charge in [-0.25, -0.2) is 0 Å². The average molecular weight is 403 g/mol. The van der Waals surface area contributed by atoms with E-state index < -0.39 is 0 Å². The minimum Gasteiger partial charge on any atom is -0.497 e. The molecule has 1 aliphatic carbocycles. The Morgan fingerprint density at radius 2 is 1.89 bits per heavy atom. The predicted octanol–water partition coefficient (Wildman–Crippen LogP) is 4.27. The van der Waals surface area contributed by atoms with Gasteiger partial charge in [0.25, 0.3) is 0 Å². The molecule has 3 rings (SSSR count). The van der Waals surface area contributed by atoms with Crippen LogP contribution in [0.5, 0.6) is 5.75 Å². The minimum absolute atomic E-state index is 0.0854. The van der Waals surface area contributed by atoms with Crippen LogP contribution in [0.25, 0.3) is 11.4 Å². The lowest BCUT2D eigenvalue weighted by Crippen LogP contribution is -2.30. The number of hydrogen-bond acceptors (Lipinski definition) is 5. The van der Waals surface area contributed by atoms with Crippen molar-refractivity contribution in [2.45, 2.75) is 56.0 Å². The molecule has 1 amide bonds. The van der Waals surface area contributed by atoms with Crippen LogP contribution in [-0.4, -0.2) is 52.0 Å². The van der Waals surface area contributed by atoms with Crippen molar-refractivity contribution in [3.05, 3.63) is 24.3 Å². The van der Waals surface area contributed by atoms with E-state index in [9.17, 15) is 4.79 Å². The van der Waals surface area contributed by atoms with Crippen LogP contribution in [0.4, 0.5) is 0 Å². The third-order valence-corrected chi connectivity index (χ3v) is 6.53. The molecule has 0 radical (unpaired) electrons. The molecule has 1 aromatic carbocycles. The molecule has 0 unspecified atom stereocenters. The van der Waals surface area contributed by atoms with Crippen molar-refractivity contribution in [1.82, 2.24) is 19.7 Å². The zero-order valence-corrected chi connectivity index (χ0v) is 18.2. The van der Waals surface area contributed by atoms with Crippen molar-refractivity contribution in [2.24, 2.45) is 5.92 Å². The number of amides is 1. The summed E-state index contributed by atoms with van der Waals surface area (Å²) in [7, 11) is 5.24. The van der Waals surface area contributed by atoms with Crippen LogP contribution < -0.4 is 4.74 Å². The van der Waals surface area contributed by atoms with Crippen LogP contribution in [0.15, 0.2) is 29.4 Å². The Labute approximate surface area is 171 Å². The number of nitrogens with zero attached hydrogens (tertiary/aromatic N) is 4. The average Bonchev–Trinajstić information content (AvgIpc) is 3.10. The molecule has 1 aromatic heterocycles. The first kappa shape index (κ1) is 20.7. The highest BCUT2D eigenvalue weighted by molar-refractivity contribution is 8.00. The fraction of sp³-hybridized carbons (Fsp3) is 0.571. The Hall–Kier alpha value is -2.02. The number of thioether (sulfide) groups is 1. The van der Waals surface area contributed by atoms with Gasteiger partial charge in [-0.05, 0) is 49.9 Å². The van der Waals surface area contributed by atoms with Crippen LogP contribution in [0.2, 0.25) is 0 Å². The number of carbonyl (C=O) groups excluding carboxylic acids is 1. The van der Waals surface area contributed by atoms with Crippen molar-refractivity contribution < 1.29 is 9.53 Å². The number of hydrogen-bond donors (Lipinski definition) is 0. The Balaban J connectivity index is 1.99. The quantitative estimate of drug-likeness (QED) is 0.675. The van der Waals surface area contributed by atoms with Gasteiger partial charge in [0, 0.05) is 25.7 Å². The maximum absolute atomic E-state index is 12.4. The second-order valence-corrected chi connectivity index (χ2v) is 9.03. The topological polar surface area (TPSA) is 60.3 Å². The maximum Gasteiger partial charge on any atom is 0.235 e. The Morgan fingerprint density at radius 3 is 2.50 bits per heavy atom. The van der Waals surface area contributed by atoms with Gasteiger partial charge >= 0.3 is 0 Å². The summed E-state index contributed by atoms with van der Waals surface area (Å²) in [6.07, 6.45) is 4.81. The normalized spacial score (nSPS) is 20.6. The standard InChI is InChI=1S/C21H30N4O2S/c1-14-8-6-7-9-18(14)25-19(16-10-12-17(27-5)13-11-16)22-23-21(25)28-15(2)20(26)24(3)4/h10-15,18H,6-9H2,1-5H3/t14-,15+,18-/m1/s1. The second-order valence-electron chi connectivity index (χ2n) is 7.73. The monoisotopic (exact) mass is 402 g/mol. The molecule has 3 atom stereocenters. The predicted molar refractivity (Wildman–Crippen MR) is 113 cm³/mol. The molecular weight excluding hydrogens is 372 g/mol. The van der Waals surface area contributed by atoms with Gasteiger partial charge in [-0.15, -0.1) is 10.2 Å². The van der Waals surface area contributed by atoms with Gasteiger partial charge in [-0.3, -0.25) is 9.36 Å². The van der Waals surface area contributed by atoms with Gasteiger partial charge < -0.3 is 9.64 Å².